The molecule has 2 rings (SSSR count). The van der Waals surface area contributed by atoms with E-state index in [-0.39, 0.29) is 0 Å². The molecule has 1 aliphatic heterocycles. The van der Waals surface area contributed by atoms with E-state index < -0.39 is 0 Å². The lowest BCUT2D eigenvalue weighted by atomic mass is 9.94. The molecule has 0 bridgehead atoms. The average molecular weight is 238 g/mol. The van der Waals surface area contributed by atoms with E-state index in [1.807, 2.05) is 5.38 Å². The Balaban J connectivity index is 1.86. The van der Waals surface area contributed by atoms with Crippen molar-refractivity contribution in [2.24, 2.45) is 5.92 Å². The first kappa shape index (κ1) is 11.7. The van der Waals surface area contributed by atoms with E-state index in [4.69, 9.17) is 0 Å². The maximum atomic E-state index is 10.4. The molecule has 1 aromatic rings. The summed E-state index contributed by atoms with van der Waals surface area (Å²) in [5, 5.41) is 3.21. The lowest BCUT2D eigenvalue weighted by Crippen LogP contribution is -2.30. The SMILES string of the molecule is CN1CCC(Cc2nc(CC=O)cs2)CC1. The van der Waals surface area contributed by atoms with E-state index >= 15 is 0 Å². The molecule has 88 valence electrons. The molecular formula is C12H18N2OS. The number of rotatable bonds is 4. The van der Waals surface area contributed by atoms with E-state index in [2.05, 4.69) is 16.9 Å². The first-order valence-corrected chi connectivity index (χ1v) is 6.71. The van der Waals surface area contributed by atoms with Crippen LogP contribution >= 0.6 is 11.3 Å². The number of aldehydes is 1. The monoisotopic (exact) mass is 238 g/mol. The van der Waals surface area contributed by atoms with Gasteiger partial charge in [-0.3, -0.25) is 0 Å². The third kappa shape index (κ3) is 3.12. The van der Waals surface area contributed by atoms with Crippen LogP contribution in [0.25, 0.3) is 0 Å². The number of carbonyl (C=O) groups is 1. The first-order valence-electron chi connectivity index (χ1n) is 5.83. The lowest BCUT2D eigenvalue weighted by Gasteiger charge is -2.28. The van der Waals surface area contributed by atoms with Gasteiger partial charge >= 0.3 is 0 Å². The molecule has 2 heterocycles. The van der Waals surface area contributed by atoms with Crippen LogP contribution in [0.5, 0.6) is 0 Å². The summed E-state index contributed by atoms with van der Waals surface area (Å²) in [6.45, 7) is 2.41. The van der Waals surface area contributed by atoms with E-state index in [1.165, 1.54) is 30.9 Å². The Labute approximate surface area is 100 Å². The van der Waals surface area contributed by atoms with Crippen LogP contribution in [0.3, 0.4) is 0 Å². The van der Waals surface area contributed by atoms with Crippen LogP contribution in [0, 0.1) is 5.92 Å². The zero-order valence-corrected chi connectivity index (χ0v) is 10.5. The smallest absolute Gasteiger partial charge is 0.125 e. The minimum Gasteiger partial charge on any atom is -0.306 e. The third-order valence-corrected chi connectivity index (χ3v) is 4.11. The van der Waals surface area contributed by atoms with Gasteiger partial charge in [-0.15, -0.1) is 11.3 Å². The van der Waals surface area contributed by atoms with Crippen molar-refractivity contribution in [1.82, 2.24) is 9.88 Å². The molecule has 3 nitrogen and oxygen atoms in total. The van der Waals surface area contributed by atoms with E-state index in [9.17, 15) is 4.79 Å². The molecule has 0 saturated carbocycles. The van der Waals surface area contributed by atoms with Gasteiger partial charge in [0.25, 0.3) is 0 Å². The number of hydrogen-bond donors (Lipinski definition) is 0. The quantitative estimate of drug-likeness (QED) is 0.750. The molecule has 1 aromatic heterocycles. The van der Waals surface area contributed by atoms with Gasteiger partial charge in [0.1, 0.15) is 6.29 Å². The zero-order chi connectivity index (χ0) is 11.4. The highest BCUT2D eigenvalue weighted by molar-refractivity contribution is 7.09. The van der Waals surface area contributed by atoms with Crippen molar-refractivity contribution in [2.45, 2.75) is 25.7 Å². The number of likely N-dealkylation sites (tertiary alicyclic amines) is 1. The minimum absolute atomic E-state index is 0.462. The predicted molar refractivity (Wildman–Crippen MR) is 65.8 cm³/mol. The average Bonchev–Trinajstić information content (AvgIpc) is 2.70. The molecule has 0 aliphatic carbocycles. The van der Waals surface area contributed by atoms with E-state index in [1.54, 1.807) is 11.3 Å². The summed E-state index contributed by atoms with van der Waals surface area (Å²) < 4.78 is 0. The number of carbonyl (C=O) groups excluding carboxylic acids is 1. The van der Waals surface area contributed by atoms with Crippen molar-refractivity contribution in [3.63, 3.8) is 0 Å². The maximum absolute atomic E-state index is 10.4. The Hall–Kier alpha value is -0.740. The summed E-state index contributed by atoms with van der Waals surface area (Å²) in [6, 6.07) is 0. The molecule has 1 fully saturated rings. The van der Waals surface area contributed by atoms with Crippen LogP contribution in [0.2, 0.25) is 0 Å². The number of nitrogens with zero attached hydrogens (tertiary/aromatic N) is 2. The van der Waals surface area contributed by atoms with Crippen molar-refractivity contribution in [2.75, 3.05) is 20.1 Å². The molecule has 16 heavy (non-hydrogen) atoms. The van der Waals surface area contributed by atoms with Crippen molar-refractivity contribution in [3.8, 4) is 0 Å². The second-order valence-corrected chi connectivity index (χ2v) is 5.50. The molecule has 4 heteroatoms. The summed E-state index contributed by atoms with van der Waals surface area (Å²) in [6.07, 6.45) is 5.04. The molecule has 1 saturated heterocycles. The molecule has 0 atom stereocenters. The molecule has 0 spiro atoms. The molecule has 0 unspecified atom stereocenters. The second kappa shape index (κ2) is 5.55. The molecular weight excluding hydrogens is 220 g/mol. The lowest BCUT2D eigenvalue weighted by molar-refractivity contribution is -0.107. The van der Waals surface area contributed by atoms with Gasteiger partial charge < -0.3 is 9.69 Å². The fourth-order valence-electron chi connectivity index (χ4n) is 2.13. The van der Waals surface area contributed by atoms with E-state index in [0.717, 1.165) is 24.3 Å². The van der Waals surface area contributed by atoms with Crippen LogP contribution in [-0.4, -0.2) is 36.3 Å². The van der Waals surface area contributed by atoms with Gasteiger partial charge in [-0.05, 0) is 38.9 Å². The Bertz CT molecular complexity index is 343. The Morgan fingerprint density at radius 1 is 1.56 bits per heavy atom. The van der Waals surface area contributed by atoms with Gasteiger partial charge in [-0.2, -0.15) is 0 Å². The highest BCUT2D eigenvalue weighted by Crippen LogP contribution is 2.22. The van der Waals surface area contributed by atoms with Gasteiger partial charge in [0.15, 0.2) is 0 Å². The maximum Gasteiger partial charge on any atom is 0.125 e. The fraction of sp³-hybridized carbons (Fsp3) is 0.667. The largest absolute Gasteiger partial charge is 0.306 e. The first-order chi connectivity index (χ1) is 7.78. The molecule has 0 aromatic carbocycles. The van der Waals surface area contributed by atoms with Crippen molar-refractivity contribution in [3.05, 3.63) is 16.1 Å². The van der Waals surface area contributed by atoms with Crippen LogP contribution < -0.4 is 0 Å². The summed E-state index contributed by atoms with van der Waals surface area (Å²) >= 11 is 1.70. The number of piperidine rings is 1. The Morgan fingerprint density at radius 2 is 2.31 bits per heavy atom. The van der Waals surface area contributed by atoms with E-state index in [0.29, 0.717) is 6.42 Å². The summed E-state index contributed by atoms with van der Waals surface area (Å²) in [5.41, 5.74) is 0.933. The van der Waals surface area contributed by atoms with Gasteiger partial charge in [0.2, 0.25) is 0 Å². The molecule has 0 N–H and O–H groups in total. The second-order valence-electron chi connectivity index (χ2n) is 4.55. The normalized spacial score (nSPS) is 18.8. The molecule has 0 amide bonds. The van der Waals surface area contributed by atoms with Crippen LogP contribution in [0.4, 0.5) is 0 Å². The van der Waals surface area contributed by atoms with Gasteiger partial charge in [0, 0.05) is 18.2 Å². The van der Waals surface area contributed by atoms with Crippen molar-refractivity contribution >= 4 is 17.6 Å². The summed E-state index contributed by atoms with van der Waals surface area (Å²) in [4.78, 5) is 17.2. The van der Waals surface area contributed by atoms with Crippen LogP contribution in [-0.2, 0) is 17.6 Å². The number of hydrogen-bond acceptors (Lipinski definition) is 4. The standard InChI is InChI=1S/C12H18N2OS/c1-14-5-2-10(3-6-14)8-12-13-11(4-7-15)9-16-12/h7,9-10H,2-6,8H2,1H3. The molecule has 1 aliphatic rings. The third-order valence-electron chi connectivity index (χ3n) is 3.19. The van der Waals surface area contributed by atoms with Crippen LogP contribution in [0.1, 0.15) is 23.5 Å². The molecule has 0 radical (unpaired) electrons. The number of aromatic nitrogens is 1. The minimum atomic E-state index is 0.462. The Kier molecular flexibility index (Phi) is 4.07. The van der Waals surface area contributed by atoms with Gasteiger partial charge in [0.05, 0.1) is 10.7 Å². The Morgan fingerprint density at radius 3 is 3.00 bits per heavy atom. The summed E-state index contributed by atoms with van der Waals surface area (Å²) in [7, 11) is 2.18. The van der Waals surface area contributed by atoms with Crippen molar-refractivity contribution < 1.29 is 4.79 Å². The fourth-order valence-corrected chi connectivity index (χ4v) is 3.06. The van der Waals surface area contributed by atoms with Gasteiger partial charge in [-0.25, -0.2) is 4.98 Å². The topological polar surface area (TPSA) is 33.2 Å². The van der Waals surface area contributed by atoms with Crippen LogP contribution in [0.15, 0.2) is 5.38 Å². The zero-order valence-electron chi connectivity index (χ0n) is 9.69. The summed E-state index contributed by atoms with van der Waals surface area (Å²) in [5.74, 6) is 0.784. The predicted octanol–water partition coefficient (Wildman–Crippen LogP) is 1.77. The highest BCUT2D eigenvalue weighted by Gasteiger charge is 2.18. The van der Waals surface area contributed by atoms with Crippen molar-refractivity contribution in [1.29, 1.82) is 0 Å². The highest BCUT2D eigenvalue weighted by atomic mass is 32.1. The number of thiazole rings is 1. The van der Waals surface area contributed by atoms with Gasteiger partial charge in [-0.1, -0.05) is 0 Å².